The summed E-state index contributed by atoms with van der Waals surface area (Å²) in [6, 6.07) is 74.2. The van der Waals surface area contributed by atoms with Crippen LogP contribution < -0.4 is 4.74 Å². The Kier molecular flexibility index (Phi) is 7.69. The van der Waals surface area contributed by atoms with Crippen LogP contribution in [0.5, 0.6) is 11.5 Å². The molecule has 0 radical (unpaired) electrons. The number of pyridine rings is 3. The summed E-state index contributed by atoms with van der Waals surface area (Å²) in [4.78, 5) is 15.2. The van der Waals surface area contributed by atoms with Crippen LogP contribution >= 0.6 is 0 Å². The first-order valence-corrected chi connectivity index (χ1v) is 24.1. The minimum Gasteiger partial charge on any atom is -0.457 e. The second kappa shape index (κ2) is 14.2. The summed E-state index contributed by atoms with van der Waals surface area (Å²) in [7, 11) is 0. The summed E-state index contributed by atoms with van der Waals surface area (Å²) in [5.74, 6) is 1.63. The first kappa shape index (κ1) is 38.4. The summed E-state index contributed by atoms with van der Waals surface area (Å²) in [6.07, 6.45) is 7.81. The van der Waals surface area contributed by atoms with Crippen LogP contribution in [-0.2, 0) is 5.41 Å². The van der Waals surface area contributed by atoms with Crippen LogP contribution in [-0.4, -0.2) is 28.7 Å². The number of fused-ring (bicyclic) bond motifs is 18. The lowest BCUT2D eigenvalue weighted by atomic mass is 9.66. The van der Waals surface area contributed by atoms with E-state index in [9.17, 15) is 0 Å². The normalized spacial score (nSPS) is 14.6. The lowest BCUT2D eigenvalue weighted by Crippen LogP contribution is -2.32. The van der Waals surface area contributed by atoms with Gasteiger partial charge < -0.3 is 18.4 Å². The van der Waals surface area contributed by atoms with Gasteiger partial charge in [0.2, 0.25) is 0 Å². The number of hydrogen-bond donors (Lipinski definition) is 0. The van der Waals surface area contributed by atoms with Crippen molar-refractivity contribution in [2.45, 2.75) is 5.41 Å². The molecule has 0 saturated carbocycles. The largest absolute Gasteiger partial charge is 0.457 e. The summed E-state index contributed by atoms with van der Waals surface area (Å²) >= 11 is 0. The summed E-state index contributed by atoms with van der Waals surface area (Å²) < 4.78 is 14.0. The van der Waals surface area contributed by atoms with Crippen molar-refractivity contribution in [3.63, 3.8) is 0 Å². The minimum atomic E-state index is -0.786. The van der Waals surface area contributed by atoms with Crippen LogP contribution in [0.3, 0.4) is 0 Å². The molecule has 1 atom stereocenters. The van der Waals surface area contributed by atoms with E-state index in [1.54, 1.807) is 0 Å². The molecule has 0 fully saturated rings. The van der Waals surface area contributed by atoms with E-state index in [1.807, 2.05) is 24.8 Å². The van der Waals surface area contributed by atoms with Crippen molar-refractivity contribution in [3.8, 4) is 51.1 Å². The number of benzene rings is 8. The molecule has 16 rings (SSSR count). The fourth-order valence-corrected chi connectivity index (χ4v) is 12.4. The van der Waals surface area contributed by atoms with Gasteiger partial charge in [0.1, 0.15) is 11.5 Å². The Hall–Kier alpha value is -9.59. The minimum absolute atomic E-state index is 0.786. The first-order chi connectivity index (χ1) is 35.2. The second-order valence-electron chi connectivity index (χ2n) is 18.7. The van der Waals surface area contributed by atoms with Crippen molar-refractivity contribution in [2.24, 2.45) is 0 Å². The van der Waals surface area contributed by atoms with Crippen molar-refractivity contribution in [2.75, 3.05) is 0 Å². The van der Waals surface area contributed by atoms with Gasteiger partial charge in [-0.05, 0) is 95.6 Å². The van der Waals surface area contributed by atoms with Gasteiger partial charge in [-0.25, -0.2) is 0 Å². The van der Waals surface area contributed by atoms with Crippen LogP contribution in [0.25, 0.3) is 105 Å². The third-order valence-corrected chi connectivity index (χ3v) is 15.3. The fraction of sp³-hybridized carbons (Fsp3) is 0.0156. The zero-order chi connectivity index (χ0) is 46.4. The van der Waals surface area contributed by atoms with Crippen LogP contribution in [0, 0.1) is 0 Å². The third-order valence-electron chi connectivity index (χ3n) is 15.3. The standard InChI is InChI=1S/C64H38N6O/c1-7-21-52-42(14-1)43-15-2-8-22-53(43)68(52)41-36-51-63(67-37-41)62-49(20-13-32-66-62)64(51)48-19-6-12-26-60(48)71-61-30-28-40(35-50(61)64)39-27-29-57-47(34-39)46-18-5-11-25-56(46)69(57)58-31-33-65-38-59(58)70-54-23-9-3-16-44(54)45-17-4-10-24-55(45)70/h1-38H. The van der Waals surface area contributed by atoms with E-state index >= 15 is 0 Å². The summed E-state index contributed by atoms with van der Waals surface area (Å²) in [5, 5.41) is 7.18. The van der Waals surface area contributed by atoms with E-state index in [1.165, 1.54) is 26.9 Å². The Bertz CT molecular complexity index is 4490. The molecule has 0 N–H and O–H groups in total. The average molecular weight is 907 g/mol. The molecule has 1 aliphatic carbocycles. The molecule has 1 aliphatic heterocycles. The van der Waals surface area contributed by atoms with Gasteiger partial charge in [-0.1, -0.05) is 127 Å². The molecule has 6 aromatic heterocycles. The number of para-hydroxylation sites is 6. The Morgan fingerprint density at radius 2 is 0.859 bits per heavy atom. The SMILES string of the molecule is c1ccc2c(c1)Oc1ccc(-c3ccc4c(c3)c3ccccc3n4-c3ccncc3-n3c4ccccc4c4ccccc43)cc1C21c2cccnc2-c2ncc(-n3c4ccccc4c4ccccc43)cc21. The van der Waals surface area contributed by atoms with Crippen molar-refractivity contribution in [1.82, 2.24) is 28.7 Å². The van der Waals surface area contributed by atoms with Crippen molar-refractivity contribution in [1.29, 1.82) is 0 Å². The number of ether oxygens (including phenoxy) is 1. The Balaban J connectivity index is 0.914. The number of aromatic nitrogens is 6. The molecule has 0 saturated heterocycles. The van der Waals surface area contributed by atoms with E-state index in [0.717, 1.165) is 112 Å². The summed E-state index contributed by atoms with van der Waals surface area (Å²) in [6.45, 7) is 0. The van der Waals surface area contributed by atoms with Gasteiger partial charge in [-0.2, -0.15) is 0 Å². The Morgan fingerprint density at radius 3 is 1.55 bits per heavy atom. The smallest absolute Gasteiger partial charge is 0.132 e. The first-order valence-electron chi connectivity index (χ1n) is 24.1. The molecule has 71 heavy (non-hydrogen) atoms. The molecule has 0 bridgehead atoms. The quantitative estimate of drug-likeness (QED) is 0.176. The molecule has 2 aliphatic rings. The Labute approximate surface area is 406 Å². The van der Waals surface area contributed by atoms with Crippen LogP contribution in [0.1, 0.15) is 22.3 Å². The van der Waals surface area contributed by atoms with Gasteiger partial charge in [0.15, 0.2) is 0 Å². The maximum absolute atomic E-state index is 6.92. The second-order valence-corrected chi connectivity index (χ2v) is 18.7. The fourth-order valence-electron chi connectivity index (χ4n) is 12.4. The van der Waals surface area contributed by atoms with Crippen molar-refractivity contribution in [3.05, 3.63) is 253 Å². The molecule has 1 spiro atoms. The van der Waals surface area contributed by atoms with Crippen molar-refractivity contribution >= 4 is 65.4 Å². The topological polar surface area (TPSA) is 62.7 Å². The highest BCUT2D eigenvalue weighted by Crippen LogP contribution is 2.62. The van der Waals surface area contributed by atoms with Gasteiger partial charge in [0.05, 0.1) is 79.4 Å². The predicted octanol–water partition coefficient (Wildman–Crippen LogP) is 15.3. The Morgan fingerprint density at radius 1 is 0.338 bits per heavy atom. The summed E-state index contributed by atoms with van der Waals surface area (Å²) in [5.41, 5.74) is 17.3. The van der Waals surface area contributed by atoms with E-state index in [4.69, 9.17) is 19.7 Å². The van der Waals surface area contributed by atoms with Crippen LogP contribution in [0.4, 0.5) is 0 Å². The van der Waals surface area contributed by atoms with E-state index in [-0.39, 0.29) is 0 Å². The maximum Gasteiger partial charge on any atom is 0.132 e. The van der Waals surface area contributed by atoms with Gasteiger partial charge in [-0.15, -0.1) is 0 Å². The molecule has 7 heteroatoms. The lowest BCUT2D eigenvalue weighted by molar-refractivity contribution is 0.436. The number of hydrogen-bond acceptors (Lipinski definition) is 4. The molecular formula is C64H38N6O. The highest BCUT2D eigenvalue weighted by molar-refractivity contribution is 6.13. The zero-order valence-corrected chi connectivity index (χ0v) is 38.0. The molecule has 1 unspecified atom stereocenters. The van der Waals surface area contributed by atoms with Crippen LogP contribution in [0.15, 0.2) is 231 Å². The van der Waals surface area contributed by atoms with Crippen molar-refractivity contribution < 1.29 is 4.74 Å². The third kappa shape index (κ3) is 5.08. The molecule has 7 heterocycles. The molecule has 330 valence electrons. The lowest BCUT2D eigenvalue weighted by Gasteiger charge is -2.39. The molecule has 14 aromatic rings. The van der Waals surface area contributed by atoms with Gasteiger partial charge in [0, 0.05) is 61.4 Å². The van der Waals surface area contributed by atoms with Gasteiger partial charge in [0.25, 0.3) is 0 Å². The van der Waals surface area contributed by atoms with Gasteiger partial charge in [-0.3, -0.25) is 15.0 Å². The van der Waals surface area contributed by atoms with E-state index in [2.05, 4.69) is 220 Å². The average Bonchev–Trinajstić information content (AvgIpc) is 4.15. The molecule has 7 nitrogen and oxygen atoms in total. The van der Waals surface area contributed by atoms with E-state index < -0.39 is 5.41 Å². The monoisotopic (exact) mass is 906 g/mol. The molecular weight excluding hydrogens is 869 g/mol. The number of rotatable bonds is 4. The predicted molar refractivity (Wildman–Crippen MR) is 286 cm³/mol. The highest BCUT2D eigenvalue weighted by atomic mass is 16.5. The maximum atomic E-state index is 6.92. The van der Waals surface area contributed by atoms with E-state index in [0.29, 0.717) is 0 Å². The molecule has 0 amide bonds. The van der Waals surface area contributed by atoms with Gasteiger partial charge >= 0.3 is 0 Å². The zero-order valence-electron chi connectivity index (χ0n) is 38.0. The number of nitrogens with zero attached hydrogens (tertiary/aromatic N) is 6. The highest BCUT2D eigenvalue weighted by Gasteiger charge is 2.52. The van der Waals surface area contributed by atoms with Crippen LogP contribution in [0.2, 0.25) is 0 Å². The molecule has 8 aromatic carbocycles.